The Morgan fingerprint density at radius 2 is 2.27 bits per heavy atom. The predicted molar refractivity (Wildman–Crippen MR) is 60.5 cm³/mol. The molecule has 1 unspecified atom stereocenters. The van der Waals surface area contributed by atoms with E-state index in [1.54, 1.807) is 0 Å². The van der Waals surface area contributed by atoms with Gasteiger partial charge in [-0.3, -0.25) is 4.68 Å². The molecular weight excluding hydrogens is 190 g/mol. The maximum Gasteiger partial charge on any atom is 0.0587 e. The Kier molecular flexibility index (Phi) is 4.78. The highest BCUT2D eigenvalue weighted by Gasteiger charge is 2.11. The molecule has 0 fully saturated rings. The normalized spacial score (nSPS) is 13.4. The van der Waals surface area contributed by atoms with Gasteiger partial charge < -0.3 is 10.4 Å². The zero-order chi connectivity index (χ0) is 11.3. The third-order valence-corrected chi connectivity index (χ3v) is 2.65. The van der Waals surface area contributed by atoms with E-state index in [0.717, 1.165) is 18.8 Å². The molecule has 1 aromatic rings. The van der Waals surface area contributed by atoms with Crippen LogP contribution in [0.1, 0.15) is 26.5 Å². The average Bonchev–Trinajstić information content (AvgIpc) is 2.65. The Bertz CT molecular complexity index is 283. The largest absolute Gasteiger partial charge is 0.395 e. The predicted octanol–water partition coefficient (Wildman–Crippen LogP) is 1.01. The van der Waals surface area contributed by atoms with E-state index in [-0.39, 0.29) is 12.6 Å². The molecule has 1 aromatic heterocycles. The molecule has 0 bridgehead atoms. The minimum atomic E-state index is 0.158. The molecule has 0 saturated carbocycles. The van der Waals surface area contributed by atoms with Gasteiger partial charge in [-0.05, 0) is 18.9 Å². The van der Waals surface area contributed by atoms with Crippen molar-refractivity contribution in [2.24, 2.45) is 5.92 Å². The first-order chi connectivity index (χ1) is 7.19. The second-order valence-electron chi connectivity index (χ2n) is 4.05. The van der Waals surface area contributed by atoms with Crippen molar-refractivity contribution in [2.75, 3.05) is 6.61 Å². The quantitative estimate of drug-likeness (QED) is 0.738. The number of aliphatic hydroxyl groups excluding tert-OH is 1. The van der Waals surface area contributed by atoms with E-state index in [2.05, 4.69) is 31.2 Å². The number of nitrogens with zero attached hydrogens (tertiary/aromatic N) is 2. The Hall–Kier alpha value is -0.870. The van der Waals surface area contributed by atoms with Crippen molar-refractivity contribution >= 4 is 0 Å². The summed E-state index contributed by atoms with van der Waals surface area (Å²) in [5.74, 6) is 0.438. The van der Waals surface area contributed by atoms with Crippen LogP contribution in [0.2, 0.25) is 0 Å². The molecule has 1 atom stereocenters. The van der Waals surface area contributed by atoms with Gasteiger partial charge in [-0.2, -0.15) is 5.10 Å². The SMILES string of the molecule is CCn1nccc1CNC(CO)C(C)C. The summed E-state index contributed by atoms with van der Waals surface area (Å²) in [7, 11) is 0. The summed E-state index contributed by atoms with van der Waals surface area (Å²) in [6.07, 6.45) is 1.81. The molecule has 0 aliphatic heterocycles. The topological polar surface area (TPSA) is 50.1 Å². The van der Waals surface area contributed by atoms with Gasteiger partial charge in [0.15, 0.2) is 0 Å². The smallest absolute Gasteiger partial charge is 0.0587 e. The molecular formula is C11H21N3O. The Morgan fingerprint density at radius 3 is 2.80 bits per heavy atom. The van der Waals surface area contributed by atoms with Gasteiger partial charge in [0, 0.05) is 25.3 Å². The number of hydrogen-bond donors (Lipinski definition) is 2. The molecule has 4 heteroatoms. The average molecular weight is 211 g/mol. The van der Waals surface area contributed by atoms with E-state index >= 15 is 0 Å². The molecule has 15 heavy (non-hydrogen) atoms. The fraction of sp³-hybridized carbons (Fsp3) is 0.727. The summed E-state index contributed by atoms with van der Waals surface area (Å²) < 4.78 is 1.96. The van der Waals surface area contributed by atoms with Crippen LogP contribution in [0.25, 0.3) is 0 Å². The zero-order valence-corrected chi connectivity index (χ0v) is 9.77. The minimum Gasteiger partial charge on any atom is -0.395 e. The van der Waals surface area contributed by atoms with Crippen LogP contribution in [-0.4, -0.2) is 27.5 Å². The number of nitrogens with one attached hydrogen (secondary N) is 1. The number of aromatic nitrogens is 2. The lowest BCUT2D eigenvalue weighted by Gasteiger charge is -2.20. The van der Waals surface area contributed by atoms with Gasteiger partial charge in [-0.15, -0.1) is 0 Å². The maximum atomic E-state index is 9.17. The standard InChI is InChI=1S/C11H21N3O/c1-4-14-10(5-6-13-14)7-12-11(8-15)9(2)3/h5-6,9,11-12,15H,4,7-8H2,1-3H3. The number of rotatable bonds is 6. The fourth-order valence-corrected chi connectivity index (χ4v) is 1.54. The molecule has 4 nitrogen and oxygen atoms in total. The number of aliphatic hydroxyl groups is 1. The highest BCUT2D eigenvalue weighted by molar-refractivity contribution is 5.00. The van der Waals surface area contributed by atoms with Gasteiger partial charge in [0.2, 0.25) is 0 Å². The number of hydrogen-bond acceptors (Lipinski definition) is 3. The van der Waals surface area contributed by atoms with E-state index < -0.39 is 0 Å². The van der Waals surface area contributed by atoms with Crippen LogP contribution in [0.4, 0.5) is 0 Å². The van der Waals surface area contributed by atoms with Crippen molar-refractivity contribution in [2.45, 2.75) is 39.9 Å². The Labute approximate surface area is 91.3 Å². The summed E-state index contributed by atoms with van der Waals surface area (Å²) in [6.45, 7) is 8.10. The minimum absolute atomic E-state index is 0.158. The van der Waals surface area contributed by atoms with Crippen molar-refractivity contribution in [3.05, 3.63) is 18.0 Å². The van der Waals surface area contributed by atoms with Gasteiger partial charge in [0.05, 0.1) is 12.3 Å². The summed E-state index contributed by atoms with van der Waals surface area (Å²) >= 11 is 0. The highest BCUT2D eigenvalue weighted by Crippen LogP contribution is 2.03. The molecule has 0 spiro atoms. The first-order valence-corrected chi connectivity index (χ1v) is 5.54. The summed E-state index contributed by atoms with van der Waals surface area (Å²) in [5.41, 5.74) is 1.16. The molecule has 2 N–H and O–H groups in total. The lowest BCUT2D eigenvalue weighted by Crippen LogP contribution is -2.37. The lowest BCUT2D eigenvalue weighted by atomic mass is 10.1. The first-order valence-electron chi connectivity index (χ1n) is 5.54. The molecule has 1 rings (SSSR count). The molecule has 1 heterocycles. The summed E-state index contributed by atoms with van der Waals surface area (Å²) in [6, 6.07) is 2.16. The van der Waals surface area contributed by atoms with Gasteiger partial charge >= 0.3 is 0 Å². The van der Waals surface area contributed by atoms with E-state index in [4.69, 9.17) is 5.11 Å². The van der Waals surface area contributed by atoms with Crippen LogP contribution < -0.4 is 5.32 Å². The van der Waals surface area contributed by atoms with Crippen molar-refractivity contribution in [1.29, 1.82) is 0 Å². The van der Waals surface area contributed by atoms with E-state index in [9.17, 15) is 0 Å². The third kappa shape index (κ3) is 3.32. The van der Waals surface area contributed by atoms with Crippen LogP contribution in [0.3, 0.4) is 0 Å². The van der Waals surface area contributed by atoms with Crippen molar-refractivity contribution < 1.29 is 5.11 Å². The molecule has 0 amide bonds. The Balaban J connectivity index is 2.48. The molecule has 0 aliphatic rings. The van der Waals surface area contributed by atoms with Crippen LogP contribution in [0.5, 0.6) is 0 Å². The van der Waals surface area contributed by atoms with Gasteiger partial charge in [0.1, 0.15) is 0 Å². The molecule has 0 saturated heterocycles. The molecule has 0 aliphatic carbocycles. The zero-order valence-electron chi connectivity index (χ0n) is 9.77. The van der Waals surface area contributed by atoms with Crippen molar-refractivity contribution in [1.82, 2.24) is 15.1 Å². The fourth-order valence-electron chi connectivity index (χ4n) is 1.54. The van der Waals surface area contributed by atoms with Crippen molar-refractivity contribution in [3.63, 3.8) is 0 Å². The van der Waals surface area contributed by atoms with Crippen LogP contribution in [-0.2, 0) is 13.1 Å². The number of aryl methyl sites for hydroxylation is 1. The van der Waals surface area contributed by atoms with Crippen LogP contribution >= 0.6 is 0 Å². The second kappa shape index (κ2) is 5.88. The molecule has 0 aromatic carbocycles. The summed E-state index contributed by atoms with van der Waals surface area (Å²) in [4.78, 5) is 0. The van der Waals surface area contributed by atoms with Gasteiger partial charge in [-0.25, -0.2) is 0 Å². The highest BCUT2D eigenvalue weighted by atomic mass is 16.3. The van der Waals surface area contributed by atoms with E-state index in [1.165, 1.54) is 0 Å². The second-order valence-corrected chi connectivity index (χ2v) is 4.05. The monoisotopic (exact) mass is 211 g/mol. The van der Waals surface area contributed by atoms with E-state index in [1.807, 2.05) is 16.9 Å². The van der Waals surface area contributed by atoms with Crippen LogP contribution in [0.15, 0.2) is 12.3 Å². The first kappa shape index (κ1) is 12.2. The van der Waals surface area contributed by atoms with Crippen molar-refractivity contribution in [3.8, 4) is 0 Å². The van der Waals surface area contributed by atoms with E-state index in [0.29, 0.717) is 5.92 Å². The van der Waals surface area contributed by atoms with Gasteiger partial charge in [0.25, 0.3) is 0 Å². The summed E-state index contributed by atoms with van der Waals surface area (Å²) in [5, 5.41) is 16.7. The maximum absolute atomic E-state index is 9.17. The third-order valence-electron chi connectivity index (χ3n) is 2.65. The van der Waals surface area contributed by atoms with Gasteiger partial charge in [-0.1, -0.05) is 13.8 Å². The Morgan fingerprint density at radius 1 is 1.53 bits per heavy atom. The lowest BCUT2D eigenvalue weighted by molar-refractivity contribution is 0.209. The van der Waals surface area contributed by atoms with Crippen LogP contribution in [0, 0.1) is 5.92 Å². The molecule has 0 radical (unpaired) electrons. The molecule has 86 valence electrons.